The van der Waals surface area contributed by atoms with Gasteiger partial charge >= 0.3 is 11.8 Å². The number of amides is 2. The lowest BCUT2D eigenvalue weighted by Gasteiger charge is -2.41. The average molecular weight is 685 g/mol. The molecule has 2 aromatic heterocycles. The van der Waals surface area contributed by atoms with E-state index in [1.165, 1.54) is 15.5 Å². The number of carbonyl (C=O) groups is 2. The Morgan fingerprint density at radius 1 is 1.08 bits per heavy atom. The van der Waals surface area contributed by atoms with Gasteiger partial charge < -0.3 is 24.3 Å². The van der Waals surface area contributed by atoms with Crippen LogP contribution in [-0.4, -0.2) is 84.4 Å². The van der Waals surface area contributed by atoms with Gasteiger partial charge in [-0.15, -0.1) is 0 Å². The molecule has 264 valence electrons. The molecule has 3 heterocycles. The van der Waals surface area contributed by atoms with Crippen molar-refractivity contribution in [3.05, 3.63) is 94.4 Å². The van der Waals surface area contributed by atoms with Gasteiger partial charge in [0.1, 0.15) is 17.2 Å². The second-order valence-corrected chi connectivity index (χ2v) is 14.1. The first-order valence-electron chi connectivity index (χ1n) is 17.2. The van der Waals surface area contributed by atoms with E-state index in [9.17, 15) is 23.9 Å². The maximum absolute atomic E-state index is 14.3. The van der Waals surface area contributed by atoms with Crippen LogP contribution in [0.2, 0.25) is 0 Å². The van der Waals surface area contributed by atoms with Crippen LogP contribution in [0.4, 0.5) is 9.18 Å². The predicted molar refractivity (Wildman–Crippen MR) is 190 cm³/mol. The number of fused-ring (bicyclic) bond motifs is 2. The van der Waals surface area contributed by atoms with Crippen molar-refractivity contribution in [2.45, 2.75) is 76.9 Å². The Morgan fingerprint density at radius 2 is 1.82 bits per heavy atom. The average Bonchev–Trinajstić information content (AvgIpc) is 3.62. The Bertz CT molecular complexity index is 2040. The van der Waals surface area contributed by atoms with E-state index in [4.69, 9.17) is 9.72 Å². The number of benzene rings is 3. The van der Waals surface area contributed by atoms with Crippen LogP contribution in [0.1, 0.15) is 63.8 Å². The summed E-state index contributed by atoms with van der Waals surface area (Å²) in [5, 5.41) is 10.4. The fourth-order valence-electron chi connectivity index (χ4n) is 7.40. The van der Waals surface area contributed by atoms with E-state index < -0.39 is 29.2 Å². The number of nitrogens with zero attached hydrogens (tertiary/aromatic N) is 5. The number of nitrogens with one attached hydrogen (secondary N) is 1. The number of ether oxygens (including phenoxy) is 1. The number of aryl methyl sites for hydroxylation is 1. The minimum atomic E-state index is -1.10. The summed E-state index contributed by atoms with van der Waals surface area (Å²) < 4.78 is 23.3. The summed E-state index contributed by atoms with van der Waals surface area (Å²) >= 11 is 0. The highest BCUT2D eigenvalue weighted by Crippen LogP contribution is 2.31. The van der Waals surface area contributed by atoms with Gasteiger partial charge in [-0.05, 0) is 88.4 Å². The van der Waals surface area contributed by atoms with Crippen LogP contribution in [0.5, 0.6) is 0 Å². The van der Waals surface area contributed by atoms with E-state index in [0.717, 1.165) is 48.2 Å². The van der Waals surface area contributed by atoms with E-state index in [1.54, 1.807) is 31.4 Å². The molecule has 1 aliphatic heterocycles. The molecule has 1 aliphatic rings. The Balaban J connectivity index is 1.24. The molecule has 1 saturated heterocycles. The van der Waals surface area contributed by atoms with Gasteiger partial charge in [-0.25, -0.2) is 19.0 Å². The van der Waals surface area contributed by atoms with Gasteiger partial charge in [-0.1, -0.05) is 30.3 Å². The second-order valence-electron chi connectivity index (χ2n) is 14.1. The zero-order valence-electron chi connectivity index (χ0n) is 29.1. The number of aromatic amines is 1. The lowest BCUT2D eigenvalue weighted by molar-refractivity contribution is -0.134. The van der Waals surface area contributed by atoms with E-state index in [0.29, 0.717) is 37.3 Å². The highest BCUT2D eigenvalue weighted by molar-refractivity contribution is 5.79. The van der Waals surface area contributed by atoms with Crippen molar-refractivity contribution in [3.63, 3.8) is 0 Å². The first-order chi connectivity index (χ1) is 24.0. The van der Waals surface area contributed by atoms with Crippen molar-refractivity contribution in [1.29, 1.82) is 0 Å². The molecule has 12 heteroatoms. The summed E-state index contributed by atoms with van der Waals surface area (Å²) in [6.45, 7) is 8.00. The molecule has 0 aliphatic carbocycles. The zero-order valence-corrected chi connectivity index (χ0v) is 29.1. The van der Waals surface area contributed by atoms with Crippen LogP contribution in [0.25, 0.3) is 27.8 Å². The molecule has 3 aromatic carbocycles. The Hall–Kier alpha value is -4.97. The normalized spacial score (nSPS) is 15.9. The van der Waals surface area contributed by atoms with Gasteiger partial charge in [0.2, 0.25) is 5.91 Å². The van der Waals surface area contributed by atoms with Crippen LogP contribution in [-0.2, 0) is 22.5 Å². The van der Waals surface area contributed by atoms with Crippen molar-refractivity contribution in [2.24, 2.45) is 0 Å². The summed E-state index contributed by atoms with van der Waals surface area (Å²) in [6.07, 6.45) is 1.78. The zero-order chi connectivity index (χ0) is 35.6. The smallest absolute Gasteiger partial charge is 0.408 e. The number of methoxy groups -OCH3 is 1. The van der Waals surface area contributed by atoms with Crippen LogP contribution in [0.3, 0.4) is 0 Å². The van der Waals surface area contributed by atoms with Crippen molar-refractivity contribution in [2.75, 3.05) is 26.8 Å². The van der Waals surface area contributed by atoms with Crippen molar-refractivity contribution >= 4 is 34.1 Å². The second kappa shape index (κ2) is 14.5. The minimum Gasteiger partial charge on any atom is -0.465 e. The minimum absolute atomic E-state index is 0.0173. The molecule has 5 aromatic rings. The standard InChI is InChI=1S/C38H45FN6O5/c1-38(2,3)45(37(48)49)28(22-25-15-17-27(18-16-25)44-32-14-7-11-29(39)34(32)41-36(44)47)23-33(46)42-19-8-10-26(24-42)35-40-30-12-5-6-13-31(30)43(35)20-9-21-50-4/h5-7,11-18,26,28H,8-10,19-24H2,1-4H3,(H,41,47)(H,48,49)/t26-,28-/m1/s1. The third-order valence-electron chi connectivity index (χ3n) is 9.59. The summed E-state index contributed by atoms with van der Waals surface area (Å²) in [6, 6.07) is 19.1. The van der Waals surface area contributed by atoms with Gasteiger partial charge in [0.15, 0.2) is 0 Å². The maximum atomic E-state index is 14.3. The third kappa shape index (κ3) is 7.16. The fraction of sp³-hybridized carbons (Fsp3) is 0.421. The van der Waals surface area contributed by atoms with Gasteiger partial charge in [0, 0.05) is 57.3 Å². The Labute approximate surface area is 290 Å². The topological polar surface area (TPSA) is 126 Å². The Kier molecular flexibility index (Phi) is 10.1. The molecule has 2 N–H and O–H groups in total. The van der Waals surface area contributed by atoms with Crippen molar-refractivity contribution in [3.8, 4) is 5.69 Å². The number of hydrogen-bond donors (Lipinski definition) is 2. The molecule has 11 nitrogen and oxygen atoms in total. The monoisotopic (exact) mass is 684 g/mol. The van der Waals surface area contributed by atoms with Gasteiger partial charge in [-0.2, -0.15) is 0 Å². The van der Waals surface area contributed by atoms with Crippen LogP contribution < -0.4 is 5.69 Å². The fourth-order valence-corrected chi connectivity index (χ4v) is 7.40. The number of halogens is 1. The van der Waals surface area contributed by atoms with Crippen LogP contribution >= 0.6 is 0 Å². The number of para-hydroxylation sites is 3. The molecular weight excluding hydrogens is 639 g/mol. The molecule has 2 atom stereocenters. The Morgan fingerprint density at radius 3 is 2.54 bits per heavy atom. The van der Waals surface area contributed by atoms with Crippen LogP contribution in [0.15, 0.2) is 71.5 Å². The number of hydrogen-bond acceptors (Lipinski definition) is 5. The summed E-state index contributed by atoms with van der Waals surface area (Å²) in [4.78, 5) is 50.4. The number of carboxylic acid groups (broad SMARTS) is 1. The number of rotatable bonds is 11. The number of likely N-dealkylation sites (tertiary alicyclic amines) is 1. The van der Waals surface area contributed by atoms with E-state index >= 15 is 0 Å². The summed E-state index contributed by atoms with van der Waals surface area (Å²) in [5.74, 6) is 0.406. The molecule has 0 unspecified atom stereocenters. The predicted octanol–water partition coefficient (Wildman–Crippen LogP) is 6.33. The number of piperidine rings is 1. The summed E-state index contributed by atoms with van der Waals surface area (Å²) in [7, 11) is 1.70. The lowest BCUT2D eigenvalue weighted by atomic mass is 9.93. The SMILES string of the molecule is COCCCn1c([C@@H]2CCCN(C(=O)C[C@@H](Cc3ccc(-n4c(=O)[nH]c5c(F)cccc54)cc3)N(C(=O)O)C(C)(C)C)C2)nc2ccccc21. The highest BCUT2D eigenvalue weighted by Gasteiger charge is 2.37. The molecule has 6 rings (SSSR count). The summed E-state index contributed by atoms with van der Waals surface area (Å²) in [5.41, 5.74) is 2.67. The molecule has 0 saturated carbocycles. The molecule has 0 spiro atoms. The number of H-pyrrole nitrogens is 1. The molecule has 1 fully saturated rings. The lowest BCUT2D eigenvalue weighted by Crippen LogP contribution is -2.54. The molecular formula is C38H45FN6O5. The first-order valence-corrected chi connectivity index (χ1v) is 17.2. The first kappa shape index (κ1) is 34.9. The van der Waals surface area contributed by atoms with Gasteiger partial charge in [0.05, 0.1) is 22.2 Å². The number of imidazole rings is 2. The van der Waals surface area contributed by atoms with E-state index in [1.807, 2.05) is 56.0 Å². The number of aromatic nitrogens is 4. The quantitative estimate of drug-likeness (QED) is 0.157. The van der Waals surface area contributed by atoms with Crippen LogP contribution in [0, 0.1) is 5.82 Å². The van der Waals surface area contributed by atoms with E-state index in [-0.39, 0.29) is 23.8 Å². The van der Waals surface area contributed by atoms with Gasteiger partial charge in [-0.3, -0.25) is 14.3 Å². The molecule has 0 radical (unpaired) electrons. The molecule has 2 amide bonds. The van der Waals surface area contributed by atoms with Gasteiger partial charge in [0.25, 0.3) is 0 Å². The van der Waals surface area contributed by atoms with Crippen molar-refractivity contribution < 1.29 is 23.8 Å². The highest BCUT2D eigenvalue weighted by atomic mass is 19.1. The van der Waals surface area contributed by atoms with Crippen molar-refractivity contribution in [1.82, 2.24) is 28.9 Å². The maximum Gasteiger partial charge on any atom is 0.408 e. The third-order valence-corrected chi connectivity index (χ3v) is 9.59. The van der Waals surface area contributed by atoms with E-state index in [2.05, 4.69) is 15.6 Å². The number of carbonyl (C=O) groups excluding carboxylic acids is 1. The molecule has 0 bridgehead atoms. The molecule has 50 heavy (non-hydrogen) atoms. The largest absolute Gasteiger partial charge is 0.465 e.